The minimum absolute atomic E-state index is 0.0835. The van der Waals surface area contributed by atoms with E-state index in [0.717, 1.165) is 12.8 Å². The Morgan fingerprint density at radius 2 is 2.04 bits per heavy atom. The van der Waals surface area contributed by atoms with E-state index in [4.69, 9.17) is 9.47 Å². The lowest BCUT2D eigenvalue weighted by Gasteiger charge is -2.33. The van der Waals surface area contributed by atoms with Crippen molar-refractivity contribution in [3.63, 3.8) is 0 Å². The summed E-state index contributed by atoms with van der Waals surface area (Å²) in [6.45, 7) is 1.19. The van der Waals surface area contributed by atoms with Crippen molar-refractivity contribution in [1.29, 1.82) is 0 Å². The number of methoxy groups -OCH3 is 1. The summed E-state index contributed by atoms with van der Waals surface area (Å²) in [5.74, 6) is 1.26. The predicted molar refractivity (Wildman–Crippen MR) is 94.2 cm³/mol. The highest BCUT2D eigenvalue weighted by Crippen LogP contribution is 2.28. The van der Waals surface area contributed by atoms with Gasteiger partial charge in [-0.3, -0.25) is 4.79 Å². The van der Waals surface area contributed by atoms with Gasteiger partial charge in [-0.1, -0.05) is 12.1 Å². The van der Waals surface area contributed by atoms with Crippen molar-refractivity contribution in [3.05, 3.63) is 42.1 Å². The number of aromatic amines is 1. The van der Waals surface area contributed by atoms with Crippen molar-refractivity contribution in [2.45, 2.75) is 18.9 Å². The maximum absolute atomic E-state index is 12.8. The molecule has 1 amide bonds. The average molecular weight is 353 g/mol. The average Bonchev–Trinajstić information content (AvgIpc) is 3.16. The van der Waals surface area contributed by atoms with Gasteiger partial charge in [-0.2, -0.15) is 10.3 Å². The summed E-state index contributed by atoms with van der Waals surface area (Å²) >= 11 is 0. The van der Waals surface area contributed by atoms with E-state index >= 15 is 0 Å². The Morgan fingerprint density at radius 3 is 2.88 bits per heavy atom. The second-order valence-electron chi connectivity index (χ2n) is 6.15. The molecule has 1 unspecified atom stereocenters. The molecule has 1 fully saturated rings. The number of hydrogen-bond donors (Lipinski definition) is 1. The number of pyridine rings is 1. The van der Waals surface area contributed by atoms with Crippen molar-refractivity contribution >= 4 is 17.1 Å². The molecule has 1 atom stereocenters. The maximum Gasteiger partial charge on any atom is 0.272 e. The quantitative estimate of drug-likeness (QED) is 0.771. The summed E-state index contributed by atoms with van der Waals surface area (Å²) in [6.07, 6.45) is 1.68. The van der Waals surface area contributed by atoms with Crippen LogP contribution in [0.15, 0.2) is 36.4 Å². The van der Waals surface area contributed by atoms with Crippen LogP contribution >= 0.6 is 0 Å². The normalized spacial score (nSPS) is 17.3. The highest BCUT2D eigenvalue weighted by Gasteiger charge is 2.27. The summed E-state index contributed by atoms with van der Waals surface area (Å²) in [5, 5.41) is 10.4. The van der Waals surface area contributed by atoms with Crippen LogP contribution < -0.4 is 9.47 Å². The number of hydrogen-bond acceptors (Lipinski definition) is 6. The molecule has 0 saturated carbocycles. The Hall–Kier alpha value is -3.16. The van der Waals surface area contributed by atoms with Gasteiger partial charge in [-0.25, -0.2) is 4.98 Å². The topological polar surface area (TPSA) is 93.2 Å². The molecule has 1 aromatic carbocycles. The molecule has 8 nitrogen and oxygen atoms in total. The fraction of sp³-hybridized carbons (Fsp3) is 0.333. The van der Waals surface area contributed by atoms with Crippen molar-refractivity contribution < 1.29 is 14.3 Å². The Morgan fingerprint density at radius 1 is 1.19 bits per heavy atom. The molecule has 0 spiro atoms. The van der Waals surface area contributed by atoms with Gasteiger partial charge in [0.2, 0.25) is 5.65 Å². The zero-order valence-electron chi connectivity index (χ0n) is 14.4. The number of rotatable bonds is 4. The largest absolute Gasteiger partial charge is 0.493 e. The number of likely N-dealkylation sites (tertiary alicyclic amines) is 1. The number of H-pyrrole nitrogens is 1. The van der Waals surface area contributed by atoms with E-state index in [2.05, 4.69) is 20.4 Å². The first kappa shape index (κ1) is 16.3. The van der Waals surface area contributed by atoms with E-state index in [-0.39, 0.29) is 12.0 Å². The fourth-order valence-electron chi connectivity index (χ4n) is 3.13. The Kier molecular flexibility index (Phi) is 4.39. The summed E-state index contributed by atoms with van der Waals surface area (Å²) in [4.78, 5) is 18.9. The summed E-state index contributed by atoms with van der Waals surface area (Å²) in [5.41, 5.74) is 1.44. The first-order valence-corrected chi connectivity index (χ1v) is 8.51. The molecule has 1 aliphatic heterocycles. The lowest BCUT2D eigenvalue weighted by atomic mass is 10.1. The second kappa shape index (κ2) is 6.99. The highest BCUT2D eigenvalue weighted by molar-refractivity contribution is 5.94. The molecule has 0 bridgehead atoms. The number of para-hydroxylation sites is 2. The first-order valence-electron chi connectivity index (χ1n) is 8.51. The number of ether oxygens (including phenoxy) is 2. The molecule has 1 N–H and O–H groups in total. The SMILES string of the molecule is COc1ccccc1OC1CCCN(C(=O)c2ccc3n[nH]nc3n2)C1. The van der Waals surface area contributed by atoms with Crippen molar-refractivity contribution in [3.8, 4) is 11.5 Å². The van der Waals surface area contributed by atoms with Crippen LogP contribution in [0.1, 0.15) is 23.3 Å². The number of fused-ring (bicyclic) bond motifs is 1. The zero-order valence-corrected chi connectivity index (χ0v) is 14.4. The van der Waals surface area contributed by atoms with Gasteiger partial charge in [-0.05, 0) is 37.1 Å². The molecule has 3 heterocycles. The zero-order chi connectivity index (χ0) is 17.9. The van der Waals surface area contributed by atoms with E-state index in [1.165, 1.54) is 0 Å². The third-order valence-electron chi connectivity index (χ3n) is 4.43. The van der Waals surface area contributed by atoms with Crippen LogP contribution in [0.3, 0.4) is 0 Å². The number of carbonyl (C=O) groups is 1. The molecular formula is C18H19N5O3. The minimum Gasteiger partial charge on any atom is -0.493 e. The number of benzene rings is 1. The smallest absolute Gasteiger partial charge is 0.272 e. The van der Waals surface area contributed by atoms with Crippen LogP contribution in [0.25, 0.3) is 11.2 Å². The van der Waals surface area contributed by atoms with Gasteiger partial charge >= 0.3 is 0 Å². The van der Waals surface area contributed by atoms with Crippen LogP contribution in [0.4, 0.5) is 0 Å². The monoisotopic (exact) mass is 353 g/mol. The molecule has 1 aliphatic rings. The summed E-state index contributed by atoms with van der Waals surface area (Å²) < 4.78 is 11.4. The third kappa shape index (κ3) is 3.17. The molecule has 2 aromatic heterocycles. The van der Waals surface area contributed by atoms with E-state index < -0.39 is 0 Å². The molecular weight excluding hydrogens is 334 g/mol. The number of nitrogens with zero attached hydrogens (tertiary/aromatic N) is 4. The first-order chi connectivity index (χ1) is 12.7. The number of piperidine rings is 1. The Labute approximate surface area is 150 Å². The number of aromatic nitrogens is 4. The van der Waals surface area contributed by atoms with Crippen molar-refractivity contribution in [2.24, 2.45) is 0 Å². The van der Waals surface area contributed by atoms with Gasteiger partial charge < -0.3 is 14.4 Å². The summed E-state index contributed by atoms with van der Waals surface area (Å²) in [7, 11) is 1.62. The number of amides is 1. The standard InChI is InChI=1S/C18H19N5O3/c1-25-15-6-2-3-7-16(15)26-12-5-4-10-23(11-12)18(24)14-9-8-13-17(19-14)21-22-20-13/h2-3,6-9,12H,4-5,10-11H2,1H3,(H,19,20,21,22). The van der Waals surface area contributed by atoms with Crippen molar-refractivity contribution in [2.75, 3.05) is 20.2 Å². The van der Waals surface area contributed by atoms with Gasteiger partial charge in [0.15, 0.2) is 11.5 Å². The number of nitrogens with one attached hydrogen (secondary N) is 1. The fourth-order valence-corrected chi connectivity index (χ4v) is 3.13. The van der Waals surface area contributed by atoms with Gasteiger partial charge in [0.1, 0.15) is 17.3 Å². The number of carbonyl (C=O) groups excluding carboxylic acids is 1. The molecule has 3 aromatic rings. The van der Waals surface area contributed by atoms with Gasteiger partial charge in [0.05, 0.1) is 13.7 Å². The molecule has 1 saturated heterocycles. The lowest BCUT2D eigenvalue weighted by Crippen LogP contribution is -2.44. The highest BCUT2D eigenvalue weighted by atomic mass is 16.5. The molecule has 134 valence electrons. The Balaban J connectivity index is 1.48. The summed E-state index contributed by atoms with van der Waals surface area (Å²) in [6, 6.07) is 11.0. The van der Waals surface area contributed by atoms with Crippen LogP contribution in [0.5, 0.6) is 11.5 Å². The predicted octanol–water partition coefficient (Wildman–Crippen LogP) is 2.05. The van der Waals surface area contributed by atoms with Gasteiger partial charge in [0.25, 0.3) is 5.91 Å². The Bertz CT molecular complexity index is 926. The van der Waals surface area contributed by atoms with Crippen LogP contribution in [-0.4, -0.2) is 57.5 Å². The van der Waals surface area contributed by atoms with E-state index in [0.29, 0.717) is 41.4 Å². The molecule has 4 rings (SSSR count). The second-order valence-corrected chi connectivity index (χ2v) is 6.15. The molecule has 8 heteroatoms. The molecule has 0 radical (unpaired) electrons. The van der Waals surface area contributed by atoms with Crippen LogP contribution in [-0.2, 0) is 0 Å². The molecule has 0 aliphatic carbocycles. The van der Waals surface area contributed by atoms with Gasteiger partial charge in [0, 0.05) is 6.54 Å². The van der Waals surface area contributed by atoms with Crippen LogP contribution in [0, 0.1) is 0 Å². The van der Waals surface area contributed by atoms with Crippen molar-refractivity contribution in [1.82, 2.24) is 25.3 Å². The minimum atomic E-state index is -0.122. The maximum atomic E-state index is 12.8. The van der Waals surface area contributed by atoms with E-state index in [9.17, 15) is 4.79 Å². The van der Waals surface area contributed by atoms with Crippen LogP contribution in [0.2, 0.25) is 0 Å². The van der Waals surface area contributed by atoms with E-state index in [1.807, 2.05) is 24.3 Å². The lowest BCUT2D eigenvalue weighted by molar-refractivity contribution is 0.0527. The third-order valence-corrected chi connectivity index (χ3v) is 4.43. The molecule has 26 heavy (non-hydrogen) atoms. The van der Waals surface area contributed by atoms with Gasteiger partial charge in [-0.15, -0.1) is 5.10 Å². The van der Waals surface area contributed by atoms with E-state index in [1.54, 1.807) is 24.1 Å².